The summed E-state index contributed by atoms with van der Waals surface area (Å²) in [6, 6.07) is 2.30. The van der Waals surface area contributed by atoms with Crippen molar-refractivity contribution in [3.05, 3.63) is 24.0 Å². The average molecular weight is 306 g/mol. The lowest BCUT2D eigenvalue weighted by molar-refractivity contribution is -0.137. The molecule has 0 radical (unpaired) electrons. The van der Waals surface area contributed by atoms with E-state index in [0.717, 1.165) is 17.0 Å². The number of carbonyl (C=O) groups is 2. The predicted octanol–water partition coefficient (Wildman–Crippen LogP) is 2.37. The van der Waals surface area contributed by atoms with Gasteiger partial charge in [0.1, 0.15) is 0 Å². The number of amides is 2. The SMILES string of the molecule is CN(CCC(=O)O)C(=O)Nc1ccc(OC(F)F)c(F)c1. The van der Waals surface area contributed by atoms with E-state index in [1.807, 2.05) is 0 Å². The maximum Gasteiger partial charge on any atom is 0.387 e. The summed E-state index contributed by atoms with van der Waals surface area (Å²) in [5.74, 6) is -2.75. The van der Waals surface area contributed by atoms with Gasteiger partial charge in [-0.25, -0.2) is 9.18 Å². The molecule has 2 N–H and O–H groups in total. The van der Waals surface area contributed by atoms with E-state index >= 15 is 0 Å². The Morgan fingerprint density at radius 3 is 2.62 bits per heavy atom. The number of carboxylic acids is 1. The van der Waals surface area contributed by atoms with Crippen LogP contribution in [0.3, 0.4) is 0 Å². The number of anilines is 1. The van der Waals surface area contributed by atoms with Crippen LogP contribution in [-0.4, -0.2) is 42.2 Å². The molecule has 1 aromatic carbocycles. The van der Waals surface area contributed by atoms with Gasteiger partial charge in [0.05, 0.1) is 6.42 Å². The maximum absolute atomic E-state index is 13.4. The van der Waals surface area contributed by atoms with Crippen molar-refractivity contribution in [1.82, 2.24) is 4.90 Å². The van der Waals surface area contributed by atoms with E-state index in [9.17, 15) is 22.8 Å². The Bertz CT molecular complexity index is 525. The first-order chi connectivity index (χ1) is 9.79. The highest BCUT2D eigenvalue weighted by molar-refractivity contribution is 5.89. The highest BCUT2D eigenvalue weighted by atomic mass is 19.3. The molecule has 0 aliphatic carbocycles. The minimum Gasteiger partial charge on any atom is -0.481 e. The molecule has 2 amide bonds. The van der Waals surface area contributed by atoms with Crippen molar-refractivity contribution < 1.29 is 32.6 Å². The van der Waals surface area contributed by atoms with Crippen molar-refractivity contribution in [1.29, 1.82) is 0 Å². The van der Waals surface area contributed by atoms with E-state index in [0.29, 0.717) is 0 Å². The lowest BCUT2D eigenvalue weighted by Gasteiger charge is -2.17. The monoisotopic (exact) mass is 306 g/mol. The van der Waals surface area contributed by atoms with Gasteiger partial charge in [-0.05, 0) is 12.1 Å². The number of carboxylic acid groups (broad SMARTS) is 1. The Labute approximate surface area is 118 Å². The molecule has 0 spiro atoms. The van der Waals surface area contributed by atoms with E-state index in [2.05, 4.69) is 10.1 Å². The fourth-order valence-electron chi connectivity index (χ4n) is 1.35. The molecule has 0 heterocycles. The largest absolute Gasteiger partial charge is 0.481 e. The van der Waals surface area contributed by atoms with Crippen molar-refractivity contribution in [3.63, 3.8) is 0 Å². The number of benzene rings is 1. The van der Waals surface area contributed by atoms with Crippen LogP contribution in [0.1, 0.15) is 6.42 Å². The molecule has 0 atom stereocenters. The van der Waals surface area contributed by atoms with Crippen molar-refractivity contribution in [3.8, 4) is 5.75 Å². The van der Waals surface area contributed by atoms with Gasteiger partial charge < -0.3 is 20.1 Å². The molecule has 0 aromatic heterocycles. The Balaban J connectivity index is 2.64. The van der Waals surface area contributed by atoms with Gasteiger partial charge in [0, 0.05) is 25.3 Å². The number of carbonyl (C=O) groups excluding carboxylic acids is 1. The second-order valence-electron chi connectivity index (χ2n) is 4.02. The average Bonchev–Trinajstić information content (AvgIpc) is 2.38. The summed E-state index contributed by atoms with van der Waals surface area (Å²) < 4.78 is 41.2. The minimum atomic E-state index is -3.15. The zero-order valence-electron chi connectivity index (χ0n) is 11.0. The van der Waals surface area contributed by atoms with Gasteiger partial charge in [-0.15, -0.1) is 0 Å². The number of hydrogen-bond acceptors (Lipinski definition) is 3. The molecule has 21 heavy (non-hydrogen) atoms. The summed E-state index contributed by atoms with van der Waals surface area (Å²) in [6.07, 6.45) is -0.237. The Hall–Kier alpha value is -2.45. The summed E-state index contributed by atoms with van der Waals surface area (Å²) in [5.41, 5.74) is 0.0290. The molecule has 0 bridgehead atoms. The molecule has 6 nitrogen and oxygen atoms in total. The van der Waals surface area contributed by atoms with Gasteiger partial charge in [0.25, 0.3) is 0 Å². The van der Waals surface area contributed by atoms with E-state index in [-0.39, 0.29) is 18.7 Å². The van der Waals surface area contributed by atoms with E-state index in [4.69, 9.17) is 5.11 Å². The first-order valence-electron chi connectivity index (χ1n) is 5.78. The Morgan fingerprint density at radius 1 is 1.43 bits per heavy atom. The van der Waals surface area contributed by atoms with Crippen LogP contribution in [0, 0.1) is 5.82 Å². The fourth-order valence-corrected chi connectivity index (χ4v) is 1.35. The van der Waals surface area contributed by atoms with Crippen LogP contribution in [0.25, 0.3) is 0 Å². The van der Waals surface area contributed by atoms with E-state index in [1.54, 1.807) is 0 Å². The highest BCUT2D eigenvalue weighted by Crippen LogP contribution is 2.22. The van der Waals surface area contributed by atoms with Gasteiger partial charge >= 0.3 is 18.6 Å². The molecular weight excluding hydrogens is 293 g/mol. The predicted molar refractivity (Wildman–Crippen MR) is 66.9 cm³/mol. The summed E-state index contributed by atoms with van der Waals surface area (Å²) in [6.45, 7) is -3.18. The van der Waals surface area contributed by atoms with Crippen molar-refractivity contribution in [2.45, 2.75) is 13.0 Å². The molecule has 0 unspecified atom stereocenters. The zero-order chi connectivity index (χ0) is 16.0. The van der Waals surface area contributed by atoms with Crippen LogP contribution in [-0.2, 0) is 4.79 Å². The maximum atomic E-state index is 13.4. The van der Waals surface area contributed by atoms with Crippen LogP contribution >= 0.6 is 0 Å². The summed E-state index contributed by atoms with van der Waals surface area (Å²) in [7, 11) is 1.36. The normalized spacial score (nSPS) is 10.3. The number of aliphatic carboxylic acids is 1. The zero-order valence-corrected chi connectivity index (χ0v) is 11.0. The first-order valence-corrected chi connectivity index (χ1v) is 5.78. The number of alkyl halides is 2. The number of hydrogen-bond donors (Lipinski definition) is 2. The smallest absolute Gasteiger partial charge is 0.387 e. The Morgan fingerprint density at radius 2 is 2.10 bits per heavy atom. The summed E-state index contributed by atoms with van der Waals surface area (Å²) >= 11 is 0. The number of halogens is 3. The number of rotatable bonds is 6. The second kappa shape index (κ2) is 7.36. The summed E-state index contributed by atoms with van der Waals surface area (Å²) in [4.78, 5) is 23.1. The molecule has 1 rings (SSSR count). The molecule has 0 saturated heterocycles. The van der Waals surface area contributed by atoms with Crippen molar-refractivity contribution in [2.24, 2.45) is 0 Å². The van der Waals surface area contributed by atoms with E-state index in [1.165, 1.54) is 13.1 Å². The second-order valence-corrected chi connectivity index (χ2v) is 4.02. The molecule has 116 valence electrons. The third-order valence-corrected chi connectivity index (χ3v) is 2.41. The molecular formula is C12H13F3N2O4. The molecule has 0 aliphatic heterocycles. The third-order valence-electron chi connectivity index (χ3n) is 2.41. The molecule has 0 aliphatic rings. The lowest BCUT2D eigenvalue weighted by Crippen LogP contribution is -2.33. The standard InChI is InChI=1S/C12H13F3N2O4/c1-17(5-4-10(18)19)12(20)16-7-2-3-9(8(13)6-7)21-11(14)15/h2-3,6,11H,4-5H2,1H3,(H,16,20)(H,18,19). The molecule has 1 aromatic rings. The van der Waals surface area contributed by atoms with Crippen LogP contribution in [0.5, 0.6) is 5.75 Å². The van der Waals surface area contributed by atoms with Gasteiger partial charge in [0.2, 0.25) is 0 Å². The van der Waals surface area contributed by atoms with Gasteiger partial charge in [-0.2, -0.15) is 8.78 Å². The van der Waals surface area contributed by atoms with Gasteiger partial charge in [-0.1, -0.05) is 0 Å². The quantitative estimate of drug-likeness (QED) is 0.845. The fraction of sp³-hybridized carbons (Fsp3) is 0.333. The number of ether oxygens (including phenoxy) is 1. The van der Waals surface area contributed by atoms with E-state index < -0.39 is 30.2 Å². The van der Waals surface area contributed by atoms with Gasteiger partial charge in [-0.3, -0.25) is 4.79 Å². The minimum absolute atomic E-state index is 0.0290. The van der Waals surface area contributed by atoms with Crippen molar-refractivity contribution in [2.75, 3.05) is 18.9 Å². The molecule has 9 heteroatoms. The van der Waals surface area contributed by atoms with Crippen LogP contribution in [0.4, 0.5) is 23.7 Å². The lowest BCUT2D eigenvalue weighted by atomic mass is 10.3. The Kier molecular flexibility index (Phi) is 5.82. The molecule has 0 saturated carbocycles. The van der Waals surface area contributed by atoms with Crippen LogP contribution in [0.2, 0.25) is 0 Å². The molecule has 0 fully saturated rings. The third kappa shape index (κ3) is 5.59. The first kappa shape index (κ1) is 16.6. The number of nitrogens with one attached hydrogen (secondary N) is 1. The van der Waals surface area contributed by atoms with Gasteiger partial charge in [0.15, 0.2) is 11.6 Å². The number of urea groups is 1. The topological polar surface area (TPSA) is 78.9 Å². The highest BCUT2D eigenvalue weighted by Gasteiger charge is 2.13. The van der Waals surface area contributed by atoms with Crippen molar-refractivity contribution >= 4 is 17.7 Å². The number of nitrogens with zero attached hydrogens (tertiary/aromatic N) is 1. The summed E-state index contributed by atoms with van der Waals surface area (Å²) in [5, 5.41) is 10.8. The van der Waals surface area contributed by atoms with Crippen LogP contribution < -0.4 is 10.1 Å². The van der Waals surface area contributed by atoms with Crippen LogP contribution in [0.15, 0.2) is 18.2 Å².